The Morgan fingerprint density at radius 2 is 1.86 bits per heavy atom. The van der Waals surface area contributed by atoms with E-state index in [1.807, 2.05) is 0 Å². The molecule has 7 nitrogen and oxygen atoms in total. The summed E-state index contributed by atoms with van der Waals surface area (Å²) in [4.78, 5) is 22.8. The second kappa shape index (κ2) is 7.61. The monoisotopic (exact) mass is 292 g/mol. The highest BCUT2D eigenvalue weighted by Gasteiger charge is 2.15. The Bertz CT molecular complexity index is 483. The van der Waals surface area contributed by atoms with Crippen LogP contribution < -0.4 is 21.7 Å². The molecule has 114 valence electrons. The molecule has 0 aliphatic carbocycles. The molecule has 21 heavy (non-hydrogen) atoms. The lowest BCUT2D eigenvalue weighted by Gasteiger charge is -2.12. The summed E-state index contributed by atoms with van der Waals surface area (Å²) in [5, 5.41) is 8.11. The van der Waals surface area contributed by atoms with E-state index in [-0.39, 0.29) is 24.6 Å². The minimum Gasteiger partial charge on any atom is -0.376 e. The van der Waals surface area contributed by atoms with Crippen molar-refractivity contribution in [2.75, 3.05) is 30.3 Å². The van der Waals surface area contributed by atoms with E-state index in [1.54, 1.807) is 24.3 Å². The molecule has 1 unspecified atom stereocenters. The standard InChI is InChI=1S/C14H20N4O3/c15-8-13(19)17-10-3-5-11(6-4-10)18-14(20)16-9-12-2-1-7-21-12/h3-6,12H,1-2,7-9,15H2,(H,17,19)(H2,16,18,20). The third-order valence-electron chi connectivity index (χ3n) is 3.13. The Balaban J connectivity index is 1.76. The first kappa shape index (κ1) is 15.3. The van der Waals surface area contributed by atoms with E-state index < -0.39 is 0 Å². The molecule has 3 amide bonds. The van der Waals surface area contributed by atoms with Crippen molar-refractivity contribution in [3.63, 3.8) is 0 Å². The maximum atomic E-state index is 11.7. The van der Waals surface area contributed by atoms with Gasteiger partial charge in [-0.2, -0.15) is 0 Å². The number of carbonyl (C=O) groups excluding carboxylic acids is 2. The molecule has 0 bridgehead atoms. The van der Waals surface area contributed by atoms with Crippen LogP contribution >= 0.6 is 0 Å². The summed E-state index contributed by atoms with van der Waals surface area (Å²) in [7, 11) is 0. The number of anilines is 2. The first-order chi connectivity index (χ1) is 10.2. The van der Waals surface area contributed by atoms with Crippen molar-refractivity contribution < 1.29 is 14.3 Å². The zero-order chi connectivity index (χ0) is 15.1. The highest BCUT2D eigenvalue weighted by molar-refractivity contribution is 5.93. The number of ether oxygens (including phenoxy) is 1. The molecule has 5 N–H and O–H groups in total. The van der Waals surface area contributed by atoms with Crippen molar-refractivity contribution >= 4 is 23.3 Å². The topological polar surface area (TPSA) is 105 Å². The third kappa shape index (κ3) is 5.05. The van der Waals surface area contributed by atoms with Gasteiger partial charge in [-0.05, 0) is 37.1 Å². The molecule has 7 heteroatoms. The van der Waals surface area contributed by atoms with Crippen molar-refractivity contribution in [2.45, 2.75) is 18.9 Å². The van der Waals surface area contributed by atoms with Gasteiger partial charge in [-0.3, -0.25) is 4.79 Å². The number of benzene rings is 1. The zero-order valence-electron chi connectivity index (χ0n) is 11.7. The van der Waals surface area contributed by atoms with E-state index in [4.69, 9.17) is 10.5 Å². The molecule has 1 atom stereocenters. The predicted molar refractivity (Wildman–Crippen MR) is 80.1 cm³/mol. The minimum atomic E-state index is -0.274. The molecule has 0 radical (unpaired) electrons. The first-order valence-electron chi connectivity index (χ1n) is 6.94. The Morgan fingerprint density at radius 3 is 2.43 bits per heavy atom. The number of nitrogens with two attached hydrogens (primary N) is 1. The second-order valence-electron chi connectivity index (χ2n) is 4.80. The van der Waals surface area contributed by atoms with Gasteiger partial charge in [0.05, 0.1) is 12.6 Å². The molecule has 1 saturated heterocycles. The number of nitrogens with one attached hydrogen (secondary N) is 3. The Morgan fingerprint density at radius 1 is 1.19 bits per heavy atom. The summed E-state index contributed by atoms with van der Waals surface area (Å²) in [6, 6.07) is 6.53. The van der Waals surface area contributed by atoms with Crippen molar-refractivity contribution in [1.29, 1.82) is 0 Å². The van der Waals surface area contributed by atoms with Crippen LogP contribution in [0.2, 0.25) is 0 Å². The highest BCUT2D eigenvalue weighted by atomic mass is 16.5. The number of hydrogen-bond donors (Lipinski definition) is 4. The Hall–Kier alpha value is -2.12. The largest absolute Gasteiger partial charge is 0.376 e. The first-order valence-corrected chi connectivity index (χ1v) is 6.94. The Kier molecular flexibility index (Phi) is 5.53. The lowest BCUT2D eigenvalue weighted by Crippen LogP contribution is -2.35. The summed E-state index contributed by atoms with van der Waals surface area (Å²) < 4.78 is 5.42. The fourth-order valence-electron chi connectivity index (χ4n) is 2.04. The van der Waals surface area contributed by atoms with Crippen LogP contribution in [-0.2, 0) is 9.53 Å². The van der Waals surface area contributed by atoms with Crippen molar-refractivity contribution in [3.8, 4) is 0 Å². The SMILES string of the molecule is NCC(=O)Nc1ccc(NC(=O)NCC2CCCO2)cc1. The number of urea groups is 1. The second-order valence-corrected chi connectivity index (χ2v) is 4.80. The van der Waals surface area contributed by atoms with E-state index in [2.05, 4.69) is 16.0 Å². The van der Waals surface area contributed by atoms with Gasteiger partial charge in [0.25, 0.3) is 0 Å². The van der Waals surface area contributed by atoms with Crippen LogP contribution in [0.1, 0.15) is 12.8 Å². The van der Waals surface area contributed by atoms with Crippen LogP contribution in [-0.4, -0.2) is 37.7 Å². The van der Waals surface area contributed by atoms with Crippen LogP contribution in [0.3, 0.4) is 0 Å². The predicted octanol–water partition coefficient (Wildman–Crippen LogP) is 0.884. The lowest BCUT2D eigenvalue weighted by molar-refractivity contribution is -0.114. The fraction of sp³-hybridized carbons (Fsp3) is 0.429. The van der Waals surface area contributed by atoms with Gasteiger partial charge in [0.15, 0.2) is 0 Å². The quantitative estimate of drug-likeness (QED) is 0.646. The van der Waals surface area contributed by atoms with Crippen LogP contribution in [0.15, 0.2) is 24.3 Å². The molecule has 1 aromatic rings. The maximum absolute atomic E-state index is 11.7. The smallest absolute Gasteiger partial charge is 0.319 e. The summed E-state index contributed by atoms with van der Waals surface area (Å²) in [5.41, 5.74) is 6.49. The van der Waals surface area contributed by atoms with Crippen molar-refractivity contribution in [1.82, 2.24) is 5.32 Å². The Labute approximate surface area is 123 Å². The minimum absolute atomic E-state index is 0.0638. The van der Waals surface area contributed by atoms with Crippen LogP contribution in [0.5, 0.6) is 0 Å². The number of carbonyl (C=O) groups is 2. The molecule has 1 heterocycles. The summed E-state index contributed by atoms with van der Waals surface area (Å²) in [6.45, 7) is 1.21. The molecule has 0 saturated carbocycles. The molecular formula is C14H20N4O3. The van der Waals surface area contributed by atoms with Gasteiger partial charge in [0, 0.05) is 24.5 Å². The normalized spacial score (nSPS) is 17.3. The van der Waals surface area contributed by atoms with Crippen molar-refractivity contribution in [2.24, 2.45) is 5.73 Å². The molecule has 1 aliphatic rings. The average molecular weight is 292 g/mol. The molecule has 0 spiro atoms. The van der Waals surface area contributed by atoms with Crippen LogP contribution in [0.25, 0.3) is 0 Å². The number of amides is 3. The summed E-state index contributed by atoms with van der Waals surface area (Å²) in [6.07, 6.45) is 2.14. The van der Waals surface area contributed by atoms with Gasteiger partial charge in [-0.15, -0.1) is 0 Å². The zero-order valence-corrected chi connectivity index (χ0v) is 11.7. The van der Waals surface area contributed by atoms with E-state index in [9.17, 15) is 9.59 Å². The lowest BCUT2D eigenvalue weighted by atomic mass is 10.2. The summed E-state index contributed by atoms with van der Waals surface area (Å²) >= 11 is 0. The summed E-state index contributed by atoms with van der Waals surface area (Å²) in [5.74, 6) is -0.259. The van der Waals surface area contributed by atoms with Crippen LogP contribution in [0.4, 0.5) is 16.2 Å². The van der Waals surface area contributed by atoms with Gasteiger partial charge in [0.2, 0.25) is 5.91 Å². The average Bonchev–Trinajstić information content (AvgIpc) is 3.00. The molecule has 1 aromatic carbocycles. The molecule has 2 rings (SSSR count). The molecular weight excluding hydrogens is 272 g/mol. The van der Waals surface area contributed by atoms with Gasteiger partial charge >= 0.3 is 6.03 Å². The molecule has 1 aliphatic heterocycles. The molecule has 0 aromatic heterocycles. The van der Waals surface area contributed by atoms with Gasteiger partial charge in [0.1, 0.15) is 0 Å². The van der Waals surface area contributed by atoms with Gasteiger partial charge in [-0.1, -0.05) is 0 Å². The van der Waals surface area contributed by atoms with Gasteiger partial charge < -0.3 is 26.4 Å². The third-order valence-corrected chi connectivity index (χ3v) is 3.13. The van der Waals surface area contributed by atoms with Crippen molar-refractivity contribution in [3.05, 3.63) is 24.3 Å². The van der Waals surface area contributed by atoms with Crippen LogP contribution in [0, 0.1) is 0 Å². The number of rotatable bonds is 5. The fourth-order valence-corrected chi connectivity index (χ4v) is 2.04. The van der Waals surface area contributed by atoms with E-state index in [0.29, 0.717) is 17.9 Å². The molecule has 1 fully saturated rings. The van der Waals surface area contributed by atoms with E-state index >= 15 is 0 Å². The van der Waals surface area contributed by atoms with E-state index in [0.717, 1.165) is 19.4 Å². The maximum Gasteiger partial charge on any atom is 0.319 e. The van der Waals surface area contributed by atoms with Gasteiger partial charge in [-0.25, -0.2) is 4.79 Å². The van der Waals surface area contributed by atoms with E-state index in [1.165, 1.54) is 0 Å². The number of hydrogen-bond acceptors (Lipinski definition) is 4. The highest BCUT2D eigenvalue weighted by Crippen LogP contribution is 2.14.